The van der Waals surface area contributed by atoms with Crippen molar-refractivity contribution in [1.29, 1.82) is 0 Å². The molecule has 2 atom stereocenters. The Morgan fingerprint density at radius 2 is 1.39 bits per heavy atom. The van der Waals surface area contributed by atoms with Crippen LogP contribution in [0.1, 0.15) is 77.2 Å². The number of nitrogens with one attached hydrogen (secondary N) is 2. The summed E-state index contributed by atoms with van der Waals surface area (Å²) >= 11 is 0. The average Bonchev–Trinajstić information content (AvgIpc) is 3.35. The number of unbranched alkanes of at least 4 members (excludes halogenated alkanes) is 1. The van der Waals surface area contributed by atoms with Crippen LogP contribution in [0.2, 0.25) is 0 Å². The van der Waals surface area contributed by atoms with E-state index >= 15 is 0 Å². The number of allylic oxidation sites excluding steroid dienone is 10. The van der Waals surface area contributed by atoms with Crippen molar-refractivity contribution in [2.45, 2.75) is 83.3 Å². The van der Waals surface area contributed by atoms with Gasteiger partial charge in [0.15, 0.2) is 5.78 Å². The molecular weight excluding hydrogens is 589 g/mol. The summed E-state index contributed by atoms with van der Waals surface area (Å²) in [5.74, 6) is 1.29. The van der Waals surface area contributed by atoms with Gasteiger partial charge in [-0.05, 0) is 57.4 Å². The Bertz CT molecular complexity index is 1130. The molecular formula is C36H50N2O4S2. The zero-order chi connectivity index (χ0) is 31.7. The van der Waals surface area contributed by atoms with Gasteiger partial charge in [0, 0.05) is 37.4 Å². The average molecular weight is 639 g/mol. The quantitative estimate of drug-likeness (QED) is 0.0766. The number of benzene rings is 1. The highest BCUT2D eigenvalue weighted by atomic mass is 33.1. The first-order valence-corrected chi connectivity index (χ1v) is 18.3. The summed E-state index contributed by atoms with van der Waals surface area (Å²) in [5, 5.41) is 5.84. The summed E-state index contributed by atoms with van der Waals surface area (Å²) in [7, 11) is 3.31. The van der Waals surface area contributed by atoms with Crippen LogP contribution in [-0.2, 0) is 24.7 Å². The molecule has 1 heterocycles. The summed E-state index contributed by atoms with van der Waals surface area (Å²) in [5.41, 5.74) is -0.307. The zero-order valence-corrected chi connectivity index (χ0v) is 28.0. The van der Waals surface area contributed by atoms with Crippen LogP contribution in [0.5, 0.6) is 0 Å². The fraction of sp³-hybridized carbons (Fsp3) is 0.472. The fourth-order valence-corrected chi connectivity index (χ4v) is 6.22. The number of rotatable bonds is 22. The molecule has 8 heteroatoms. The first-order chi connectivity index (χ1) is 21.5. The maximum absolute atomic E-state index is 12.6. The lowest BCUT2D eigenvalue weighted by atomic mass is 9.91. The minimum Gasteiger partial charge on any atom is -0.355 e. The topological polar surface area (TPSA) is 84.5 Å². The van der Waals surface area contributed by atoms with Crippen molar-refractivity contribution in [2.24, 2.45) is 0 Å². The third-order valence-electron chi connectivity index (χ3n) is 6.91. The van der Waals surface area contributed by atoms with Crippen molar-refractivity contribution < 1.29 is 19.1 Å². The molecule has 1 saturated heterocycles. The Hall–Kier alpha value is -2.81. The highest BCUT2D eigenvalue weighted by molar-refractivity contribution is 8.76. The highest BCUT2D eigenvalue weighted by Crippen LogP contribution is 2.36. The molecule has 240 valence electrons. The van der Waals surface area contributed by atoms with Gasteiger partial charge < -0.3 is 15.4 Å². The van der Waals surface area contributed by atoms with Crippen LogP contribution in [0.3, 0.4) is 0 Å². The first-order valence-electron chi connectivity index (χ1n) is 15.8. The van der Waals surface area contributed by atoms with Crippen LogP contribution in [0, 0.1) is 0 Å². The van der Waals surface area contributed by atoms with E-state index in [4.69, 9.17) is 4.74 Å². The monoisotopic (exact) mass is 638 g/mol. The van der Waals surface area contributed by atoms with Gasteiger partial charge in [-0.3, -0.25) is 14.4 Å². The Labute approximate surface area is 272 Å². The second kappa shape index (κ2) is 23.6. The van der Waals surface area contributed by atoms with Crippen molar-refractivity contribution in [3.8, 4) is 0 Å². The van der Waals surface area contributed by atoms with Crippen LogP contribution in [0.15, 0.2) is 91.1 Å². The Morgan fingerprint density at radius 1 is 0.841 bits per heavy atom. The lowest BCUT2D eigenvalue weighted by molar-refractivity contribution is -0.141. The number of hydrogen-bond donors (Lipinski definition) is 2. The van der Waals surface area contributed by atoms with Gasteiger partial charge in [0.2, 0.25) is 11.8 Å². The lowest BCUT2D eigenvalue weighted by Gasteiger charge is -2.23. The molecule has 2 N–H and O–H groups in total. The molecule has 2 unspecified atom stereocenters. The molecule has 0 spiro atoms. The first kappa shape index (κ1) is 37.4. The Kier molecular flexibility index (Phi) is 20.0. The number of ketones is 1. The number of carbonyl (C=O) groups excluding carboxylic acids is 3. The summed E-state index contributed by atoms with van der Waals surface area (Å²) in [6.07, 6.45) is 28.4. The van der Waals surface area contributed by atoms with Gasteiger partial charge in [0.05, 0.1) is 0 Å². The minimum absolute atomic E-state index is 0.0787. The number of ether oxygens (including phenoxy) is 1. The smallest absolute Gasteiger partial charge is 0.249 e. The standard InChI is InChI=1S/C36H50N2O4S2/c1-3-4-5-6-7-8-9-10-11-12-13-14-15-16-17-18-22-25-34(40)37-26-28-43-44-29-27-38-35(41)32-30-33(39)36(2,42-32)31-23-20-19-21-24-31/h4-5,7-8,10-11,13-14,16-17,19-21,23-24,32H,3,6,9,12,15,18,22,25-30H2,1-2H3,(H,37,40)(H,38,41)/b5-4-,8-7-,11-10-,14-13-,17-16-. The van der Waals surface area contributed by atoms with E-state index in [0.29, 0.717) is 19.5 Å². The molecule has 2 rings (SSSR count). The van der Waals surface area contributed by atoms with Gasteiger partial charge >= 0.3 is 0 Å². The van der Waals surface area contributed by atoms with Crippen molar-refractivity contribution in [3.05, 3.63) is 96.7 Å². The second-order valence-electron chi connectivity index (χ2n) is 10.5. The maximum Gasteiger partial charge on any atom is 0.249 e. The molecule has 0 bridgehead atoms. The minimum atomic E-state index is -1.08. The lowest BCUT2D eigenvalue weighted by Crippen LogP contribution is -2.37. The Balaban J connectivity index is 1.40. The summed E-state index contributed by atoms with van der Waals surface area (Å²) in [6.45, 7) is 5.00. The van der Waals surface area contributed by atoms with E-state index in [9.17, 15) is 14.4 Å². The second-order valence-corrected chi connectivity index (χ2v) is 13.2. The Morgan fingerprint density at radius 3 is 1.98 bits per heavy atom. The third-order valence-corrected chi connectivity index (χ3v) is 9.31. The van der Waals surface area contributed by atoms with E-state index in [1.165, 1.54) is 0 Å². The van der Waals surface area contributed by atoms with Crippen LogP contribution in [0.25, 0.3) is 0 Å². The molecule has 0 saturated carbocycles. The summed E-state index contributed by atoms with van der Waals surface area (Å²) < 4.78 is 5.90. The van der Waals surface area contributed by atoms with Crippen molar-refractivity contribution in [1.82, 2.24) is 10.6 Å². The van der Waals surface area contributed by atoms with Crippen molar-refractivity contribution in [2.75, 3.05) is 24.6 Å². The van der Waals surface area contributed by atoms with Gasteiger partial charge in [-0.1, -0.05) is 120 Å². The predicted octanol–water partition coefficient (Wildman–Crippen LogP) is 7.80. The molecule has 1 aromatic rings. The molecule has 1 aromatic carbocycles. The molecule has 0 aliphatic carbocycles. The van der Waals surface area contributed by atoms with E-state index in [0.717, 1.165) is 62.0 Å². The number of hydrogen-bond acceptors (Lipinski definition) is 6. The number of Topliss-reactive ketones (excluding diaryl/α,β-unsaturated/α-hetero) is 1. The number of amides is 2. The van der Waals surface area contributed by atoms with Gasteiger partial charge in [0.25, 0.3) is 0 Å². The molecule has 1 aliphatic heterocycles. The van der Waals surface area contributed by atoms with E-state index in [1.54, 1.807) is 28.5 Å². The van der Waals surface area contributed by atoms with E-state index in [2.05, 4.69) is 78.3 Å². The van der Waals surface area contributed by atoms with E-state index in [-0.39, 0.29) is 24.0 Å². The van der Waals surface area contributed by atoms with Gasteiger partial charge in [-0.15, -0.1) is 0 Å². The van der Waals surface area contributed by atoms with Crippen molar-refractivity contribution in [3.63, 3.8) is 0 Å². The molecule has 6 nitrogen and oxygen atoms in total. The van der Waals surface area contributed by atoms with Gasteiger partial charge in [-0.25, -0.2) is 0 Å². The fourth-order valence-electron chi connectivity index (χ4n) is 4.40. The highest BCUT2D eigenvalue weighted by Gasteiger charge is 2.47. The molecule has 0 radical (unpaired) electrons. The normalized spacial score (nSPS) is 19.0. The SMILES string of the molecule is CC/C=C\C/C=C\C/C=C\C/C=C\C/C=C\CCCC(=O)NCCSSCCNC(=O)C1CC(=O)C(C)(c2ccccc2)O1. The molecule has 2 amide bonds. The van der Waals surface area contributed by atoms with E-state index in [1.807, 2.05) is 30.3 Å². The van der Waals surface area contributed by atoms with E-state index < -0.39 is 11.7 Å². The third kappa shape index (κ3) is 15.8. The number of carbonyl (C=O) groups is 3. The van der Waals surface area contributed by atoms with Crippen LogP contribution in [-0.4, -0.2) is 48.3 Å². The van der Waals surface area contributed by atoms with Crippen molar-refractivity contribution >= 4 is 39.2 Å². The van der Waals surface area contributed by atoms with Gasteiger partial charge in [0.1, 0.15) is 11.7 Å². The zero-order valence-electron chi connectivity index (χ0n) is 26.4. The summed E-state index contributed by atoms with van der Waals surface area (Å²) in [4.78, 5) is 37.1. The van der Waals surface area contributed by atoms with Gasteiger partial charge in [-0.2, -0.15) is 0 Å². The van der Waals surface area contributed by atoms with Crippen LogP contribution in [0.4, 0.5) is 0 Å². The van der Waals surface area contributed by atoms with Crippen LogP contribution >= 0.6 is 21.6 Å². The molecule has 1 fully saturated rings. The summed E-state index contributed by atoms with van der Waals surface area (Å²) in [6, 6.07) is 9.30. The predicted molar refractivity (Wildman–Crippen MR) is 188 cm³/mol. The largest absolute Gasteiger partial charge is 0.355 e. The maximum atomic E-state index is 12.6. The van der Waals surface area contributed by atoms with Crippen LogP contribution < -0.4 is 10.6 Å². The molecule has 44 heavy (non-hydrogen) atoms. The molecule has 1 aliphatic rings. The molecule has 0 aromatic heterocycles.